The van der Waals surface area contributed by atoms with Crippen LogP contribution in [0.15, 0.2) is 71.8 Å². The van der Waals surface area contributed by atoms with Crippen LogP contribution in [-0.2, 0) is 0 Å². The van der Waals surface area contributed by atoms with Crippen molar-refractivity contribution in [3.05, 3.63) is 88.6 Å². The molecule has 6 heteroatoms. The zero-order valence-corrected chi connectivity index (χ0v) is 15.8. The fourth-order valence-corrected chi connectivity index (χ4v) is 3.46. The first-order valence-electron chi connectivity index (χ1n) is 9.09. The lowest BCUT2D eigenvalue weighted by Crippen LogP contribution is -2.26. The largest absolute Gasteiger partial charge is 0.384 e. The lowest BCUT2D eigenvalue weighted by atomic mass is 10.0. The first-order chi connectivity index (χ1) is 13.5. The van der Waals surface area contributed by atoms with Gasteiger partial charge in [-0.25, -0.2) is 9.97 Å². The molecule has 0 amide bonds. The Morgan fingerprint density at radius 3 is 2.57 bits per heavy atom. The minimum Gasteiger partial charge on any atom is -0.384 e. The molecule has 0 unspecified atom stereocenters. The summed E-state index contributed by atoms with van der Waals surface area (Å²) in [7, 11) is 0. The van der Waals surface area contributed by atoms with E-state index in [0.29, 0.717) is 11.6 Å². The van der Waals surface area contributed by atoms with Crippen LogP contribution in [0.25, 0.3) is 16.5 Å². The summed E-state index contributed by atoms with van der Waals surface area (Å²) >= 11 is 0. The number of fused-ring (bicyclic) bond motifs is 1. The monoisotopic (exact) mass is 371 g/mol. The number of nitrogen functional groups attached to an aromatic ring is 1. The maximum Gasteiger partial charge on any atom is 0.263 e. The van der Waals surface area contributed by atoms with Crippen LogP contribution >= 0.6 is 0 Å². The molecule has 4 rings (SSSR count). The van der Waals surface area contributed by atoms with Crippen molar-refractivity contribution in [1.29, 1.82) is 0 Å². The van der Waals surface area contributed by atoms with Crippen molar-refractivity contribution in [1.82, 2.24) is 14.5 Å². The first kappa shape index (κ1) is 17.7. The average molecular weight is 371 g/mol. The molecule has 0 aliphatic heterocycles. The van der Waals surface area contributed by atoms with E-state index in [4.69, 9.17) is 5.73 Å². The van der Waals surface area contributed by atoms with Crippen LogP contribution in [0.3, 0.4) is 0 Å². The quantitative estimate of drug-likeness (QED) is 0.569. The molecule has 6 nitrogen and oxygen atoms in total. The first-order valence-corrected chi connectivity index (χ1v) is 9.09. The summed E-state index contributed by atoms with van der Waals surface area (Å²) in [6.07, 6.45) is 1.42. The summed E-state index contributed by atoms with van der Waals surface area (Å²) in [5.74, 6) is 0.996. The number of aryl methyl sites for hydroxylation is 1. The van der Waals surface area contributed by atoms with Crippen molar-refractivity contribution in [3.8, 4) is 5.69 Å². The summed E-state index contributed by atoms with van der Waals surface area (Å²) in [6, 6.07) is 19.1. The van der Waals surface area contributed by atoms with Gasteiger partial charge in [0.15, 0.2) is 0 Å². The lowest BCUT2D eigenvalue weighted by Gasteiger charge is -2.21. The highest BCUT2D eigenvalue weighted by molar-refractivity contribution is 5.85. The van der Waals surface area contributed by atoms with Crippen molar-refractivity contribution >= 4 is 22.4 Å². The smallest absolute Gasteiger partial charge is 0.263 e. The lowest BCUT2D eigenvalue weighted by molar-refractivity contribution is 0.772. The van der Waals surface area contributed by atoms with Gasteiger partial charge in [-0.1, -0.05) is 36.4 Å². The number of benzene rings is 2. The second-order valence-electron chi connectivity index (χ2n) is 6.78. The minimum absolute atomic E-state index is 0.0346. The molecule has 140 valence electrons. The second-order valence-corrected chi connectivity index (χ2v) is 6.78. The van der Waals surface area contributed by atoms with Gasteiger partial charge in [-0.05, 0) is 43.0 Å². The molecule has 28 heavy (non-hydrogen) atoms. The van der Waals surface area contributed by atoms with Gasteiger partial charge < -0.3 is 11.1 Å². The molecule has 0 bridgehead atoms. The summed E-state index contributed by atoms with van der Waals surface area (Å²) in [5.41, 5.74) is 8.35. The normalized spacial score (nSPS) is 12.1. The number of rotatable bonds is 4. The third-order valence-corrected chi connectivity index (χ3v) is 4.79. The van der Waals surface area contributed by atoms with Crippen LogP contribution in [-0.4, -0.2) is 14.5 Å². The molecule has 2 aromatic heterocycles. The predicted molar refractivity (Wildman–Crippen MR) is 113 cm³/mol. The van der Waals surface area contributed by atoms with E-state index in [-0.39, 0.29) is 11.6 Å². The number of aromatic nitrogens is 3. The number of para-hydroxylation sites is 1. The number of hydrogen-bond donors (Lipinski definition) is 2. The van der Waals surface area contributed by atoms with E-state index < -0.39 is 0 Å². The van der Waals surface area contributed by atoms with Crippen LogP contribution in [0.4, 0.5) is 11.6 Å². The molecule has 0 aliphatic carbocycles. The van der Waals surface area contributed by atoms with Crippen molar-refractivity contribution in [3.63, 3.8) is 0 Å². The maximum absolute atomic E-state index is 13.5. The average Bonchev–Trinajstić information content (AvgIpc) is 2.68. The van der Waals surface area contributed by atoms with Crippen LogP contribution in [0.2, 0.25) is 0 Å². The van der Waals surface area contributed by atoms with Crippen LogP contribution in [0.5, 0.6) is 0 Å². The highest BCUT2D eigenvalue weighted by atomic mass is 16.1. The molecule has 2 heterocycles. The molecule has 0 radical (unpaired) electrons. The van der Waals surface area contributed by atoms with Gasteiger partial charge in [0.05, 0.1) is 11.4 Å². The second kappa shape index (κ2) is 7.15. The topological polar surface area (TPSA) is 85.8 Å². The summed E-state index contributed by atoms with van der Waals surface area (Å²) < 4.78 is 1.76. The third kappa shape index (κ3) is 3.20. The number of nitrogens with two attached hydrogens (primary N) is 1. The molecule has 0 fully saturated rings. The van der Waals surface area contributed by atoms with Gasteiger partial charge in [0.2, 0.25) is 0 Å². The molecule has 0 spiro atoms. The van der Waals surface area contributed by atoms with Gasteiger partial charge >= 0.3 is 0 Å². The molecule has 1 atom stereocenters. The van der Waals surface area contributed by atoms with Crippen LogP contribution in [0, 0.1) is 6.92 Å². The van der Waals surface area contributed by atoms with E-state index in [1.165, 1.54) is 6.33 Å². The molecule has 3 N–H and O–H groups in total. The van der Waals surface area contributed by atoms with Crippen LogP contribution in [0.1, 0.15) is 24.2 Å². The predicted octanol–water partition coefficient (Wildman–Crippen LogP) is 3.84. The molecule has 0 saturated carbocycles. The standard InChI is InChI=1S/C22H21N5O/c1-14-7-6-8-16-11-18(15(2)26-20-12-19(23)24-13-25-20)27(22(28)21(14)16)17-9-4-3-5-10-17/h3-13,15H,1-2H3,(H3,23,24,25,26)/t15-/m0/s1. The van der Waals surface area contributed by atoms with E-state index in [1.807, 2.05) is 62.4 Å². The fourth-order valence-electron chi connectivity index (χ4n) is 3.46. The third-order valence-electron chi connectivity index (χ3n) is 4.79. The van der Waals surface area contributed by atoms with Gasteiger partial charge in [-0.3, -0.25) is 9.36 Å². The van der Waals surface area contributed by atoms with Gasteiger partial charge in [-0.2, -0.15) is 0 Å². The zero-order valence-electron chi connectivity index (χ0n) is 15.8. The van der Waals surface area contributed by atoms with Crippen molar-refractivity contribution < 1.29 is 0 Å². The van der Waals surface area contributed by atoms with E-state index in [0.717, 1.165) is 27.7 Å². The molecule has 0 aliphatic rings. The number of nitrogens with zero attached hydrogens (tertiary/aromatic N) is 3. The minimum atomic E-state index is -0.188. The Morgan fingerprint density at radius 1 is 1.04 bits per heavy atom. The van der Waals surface area contributed by atoms with Gasteiger partial charge in [-0.15, -0.1) is 0 Å². The highest BCUT2D eigenvalue weighted by Gasteiger charge is 2.17. The highest BCUT2D eigenvalue weighted by Crippen LogP contribution is 2.25. The van der Waals surface area contributed by atoms with E-state index in [1.54, 1.807) is 10.6 Å². The summed E-state index contributed by atoms with van der Waals surface area (Å²) in [4.78, 5) is 21.6. The van der Waals surface area contributed by atoms with Gasteiger partial charge in [0, 0.05) is 17.4 Å². The Kier molecular flexibility index (Phi) is 4.53. The Balaban J connectivity index is 1.92. The SMILES string of the molecule is Cc1cccc2cc([C@H](C)Nc3cc(N)ncn3)n(-c3ccccc3)c(=O)c12. The summed E-state index contributed by atoms with van der Waals surface area (Å²) in [6.45, 7) is 3.96. The number of hydrogen-bond acceptors (Lipinski definition) is 5. The van der Waals surface area contributed by atoms with Crippen LogP contribution < -0.4 is 16.6 Å². The van der Waals surface area contributed by atoms with E-state index >= 15 is 0 Å². The maximum atomic E-state index is 13.5. The molecular weight excluding hydrogens is 350 g/mol. The number of nitrogens with one attached hydrogen (secondary N) is 1. The Hall–Kier alpha value is -3.67. The fraction of sp³-hybridized carbons (Fsp3) is 0.136. The Morgan fingerprint density at radius 2 is 1.82 bits per heavy atom. The summed E-state index contributed by atoms with van der Waals surface area (Å²) in [5, 5.41) is 4.97. The van der Waals surface area contributed by atoms with E-state index in [9.17, 15) is 4.79 Å². The van der Waals surface area contributed by atoms with Crippen molar-refractivity contribution in [2.75, 3.05) is 11.1 Å². The van der Waals surface area contributed by atoms with Gasteiger partial charge in [0.25, 0.3) is 5.56 Å². The Bertz CT molecular complexity index is 1200. The number of anilines is 2. The molecule has 0 saturated heterocycles. The molecule has 2 aromatic carbocycles. The van der Waals surface area contributed by atoms with E-state index in [2.05, 4.69) is 21.4 Å². The van der Waals surface area contributed by atoms with Gasteiger partial charge in [0.1, 0.15) is 18.0 Å². The molecular formula is C22H21N5O. The number of pyridine rings is 1. The van der Waals surface area contributed by atoms with Crippen molar-refractivity contribution in [2.24, 2.45) is 0 Å². The molecule has 4 aromatic rings. The van der Waals surface area contributed by atoms with Crippen molar-refractivity contribution in [2.45, 2.75) is 19.9 Å². The zero-order chi connectivity index (χ0) is 19.7. The Labute approximate surface area is 162 Å².